The predicted molar refractivity (Wildman–Crippen MR) is 96.9 cm³/mol. The highest BCUT2D eigenvalue weighted by molar-refractivity contribution is 7.86. The molecule has 0 heterocycles. The van der Waals surface area contributed by atoms with E-state index in [4.69, 9.17) is 4.55 Å². The normalized spacial score (nSPS) is 14.7. The van der Waals surface area contributed by atoms with E-state index in [0.29, 0.717) is 18.1 Å². The van der Waals surface area contributed by atoms with Gasteiger partial charge >= 0.3 is 21.3 Å². The monoisotopic (exact) mass is 408 g/mol. The summed E-state index contributed by atoms with van der Waals surface area (Å²) in [6.07, 6.45) is -2.41. The fourth-order valence-corrected chi connectivity index (χ4v) is 2.87. The number of esters is 1. The minimum absolute atomic E-state index is 0.0112. The molecule has 6 nitrogen and oxygen atoms in total. The van der Waals surface area contributed by atoms with Gasteiger partial charge in [0.05, 0.1) is 5.56 Å². The molecule has 0 amide bonds. The largest absolute Gasteiger partial charge is 0.507 e. The average molecular weight is 408 g/mol. The molecule has 0 aromatic heterocycles. The fourth-order valence-electron chi connectivity index (χ4n) is 2.40. The number of carbonyl (C=O) groups is 1. The van der Waals surface area contributed by atoms with Crippen LogP contribution in [0.3, 0.4) is 0 Å². The summed E-state index contributed by atoms with van der Waals surface area (Å²) < 4.78 is 62.1. The second-order valence-electron chi connectivity index (χ2n) is 8.50. The molecule has 0 aliphatic heterocycles. The lowest BCUT2D eigenvalue weighted by atomic mass is 9.78. The van der Waals surface area contributed by atoms with Crippen LogP contribution in [0, 0.1) is 0 Å². The Bertz CT molecular complexity index is 797. The number of halogens is 2. The molecule has 0 bridgehead atoms. The number of hydrogen-bond acceptors (Lipinski definition) is 5. The number of phenols is 1. The van der Waals surface area contributed by atoms with Crippen LogP contribution in [0.1, 0.15) is 70.0 Å². The van der Waals surface area contributed by atoms with E-state index in [2.05, 4.69) is 4.74 Å². The van der Waals surface area contributed by atoms with Gasteiger partial charge in [0.25, 0.3) is 0 Å². The molecule has 9 heteroatoms. The van der Waals surface area contributed by atoms with Crippen LogP contribution in [0.15, 0.2) is 12.1 Å². The lowest BCUT2D eigenvalue weighted by Crippen LogP contribution is -2.42. The zero-order valence-corrected chi connectivity index (χ0v) is 17.2. The molecule has 27 heavy (non-hydrogen) atoms. The summed E-state index contributed by atoms with van der Waals surface area (Å²) in [5.41, 5.74) is -0.415. The average Bonchev–Trinajstić information content (AvgIpc) is 2.43. The molecule has 1 aromatic carbocycles. The van der Waals surface area contributed by atoms with Crippen molar-refractivity contribution in [3.63, 3.8) is 0 Å². The van der Waals surface area contributed by atoms with Crippen LogP contribution in [-0.4, -0.2) is 35.4 Å². The third-order valence-corrected chi connectivity index (χ3v) is 5.08. The van der Waals surface area contributed by atoms with E-state index in [0.717, 1.165) is 0 Å². The standard InChI is InChI=1S/C18H26F2O6S/c1-10(18(19,20)27(23,24)25)26-15(22)11-8-12(16(2,3)4)14(21)13(9-11)17(5,6)7/h8-10,21H,1-7H3,(H,23,24,25). The fraction of sp³-hybridized carbons (Fsp3) is 0.611. The van der Waals surface area contributed by atoms with Crippen molar-refractivity contribution in [2.24, 2.45) is 0 Å². The minimum Gasteiger partial charge on any atom is -0.507 e. The van der Waals surface area contributed by atoms with Crippen molar-refractivity contribution in [1.29, 1.82) is 0 Å². The van der Waals surface area contributed by atoms with E-state index in [9.17, 15) is 27.1 Å². The number of carbonyl (C=O) groups excluding carboxylic acids is 1. The van der Waals surface area contributed by atoms with Crippen LogP contribution < -0.4 is 0 Å². The second-order valence-corrected chi connectivity index (χ2v) is 10.00. The molecule has 0 spiro atoms. The van der Waals surface area contributed by atoms with E-state index < -0.39 is 38.3 Å². The molecule has 0 aliphatic carbocycles. The SMILES string of the molecule is CC(OC(=O)c1cc(C(C)(C)C)c(O)c(C(C)(C)C)c1)C(F)(F)S(=O)(=O)O. The second kappa shape index (κ2) is 7.01. The molecule has 1 unspecified atom stereocenters. The molecule has 0 radical (unpaired) electrons. The molecular formula is C18H26F2O6S. The molecular weight excluding hydrogens is 382 g/mol. The van der Waals surface area contributed by atoms with Crippen LogP contribution in [0.2, 0.25) is 0 Å². The maximum absolute atomic E-state index is 13.6. The van der Waals surface area contributed by atoms with E-state index in [1.165, 1.54) is 12.1 Å². The number of alkyl halides is 2. The number of aromatic hydroxyl groups is 1. The highest BCUT2D eigenvalue weighted by atomic mass is 32.2. The van der Waals surface area contributed by atoms with Gasteiger partial charge in [-0.15, -0.1) is 0 Å². The van der Waals surface area contributed by atoms with Gasteiger partial charge in [-0.2, -0.15) is 17.2 Å². The van der Waals surface area contributed by atoms with Crippen molar-refractivity contribution >= 4 is 16.1 Å². The zero-order chi connectivity index (χ0) is 21.6. The van der Waals surface area contributed by atoms with Crippen molar-refractivity contribution in [3.8, 4) is 5.75 Å². The summed E-state index contributed by atoms with van der Waals surface area (Å²) in [4.78, 5) is 12.4. The third-order valence-electron chi connectivity index (χ3n) is 4.06. The smallest absolute Gasteiger partial charge is 0.405 e. The minimum atomic E-state index is -5.75. The molecule has 2 N–H and O–H groups in total. The van der Waals surface area contributed by atoms with Crippen molar-refractivity contribution in [1.82, 2.24) is 0 Å². The molecule has 0 aliphatic rings. The van der Waals surface area contributed by atoms with Crippen molar-refractivity contribution in [2.75, 3.05) is 0 Å². The Hall–Kier alpha value is -1.74. The van der Waals surface area contributed by atoms with Crippen LogP contribution in [0.25, 0.3) is 0 Å². The van der Waals surface area contributed by atoms with Gasteiger partial charge in [-0.3, -0.25) is 4.55 Å². The number of rotatable bonds is 4. The molecule has 1 aromatic rings. The van der Waals surface area contributed by atoms with Crippen LogP contribution >= 0.6 is 0 Å². The highest BCUT2D eigenvalue weighted by Crippen LogP contribution is 2.40. The summed E-state index contributed by atoms with van der Waals surface area (Å²) in [5, 5.41) is 5.95. The van der Waals surface area contributed by atoms with E-state index in [1.54, 1.807) is 41.5 Å². The first-order chi connectivity index (χ1) is 11.8. The Morgan fingerprint density at radius 1 is 1.04 bits per heavy atom. The van der Waals surface area contributed by atoms with Crippen molar-refractivity contribution in [3.05, 3.63) is 28.8 Å². The van der Waals surface area contributed by atoms with Crippen LogP contribution in [-0.2, 0) is 25.7 Å². The van der Waals surface area contributed by atoms with Crippen molar-refractivity contribution in [2.45, 2.75) is 70.7 Å². The van der Waals surface area contributed by atoms with E-state index in [-0.39, 0.29) is 11.3 Å². The Morgan fingerprint density at radius 3 is 1.70 bits per heavy atom. The lowest BCUT2D eigenvalue weighted by Gasteiger charge is -2.28. The molecule has 154 valence electrons. The van der Waals surface area contributed by atoms with Gasteiger partial charge in [-0.05, 0) is 29.9 Å². The van der Waals surface area contributed by atoms with Gasteiger partial charge in [-0.25, -0.2) is 4.79 Å². The maximum Gasteiger partial charge on any atom is 0.405 e. The van der Waals surface area contributed by atoms with Gasteiger partial charge in [0, 0.05) is 11.1 Å². The maximum atomic E-state index is 13.6. The lowest BCUT2D eigenvalue weighted by molar-refractivity contribution is -0.0550. The highest BCUT2D eigenvalue weighted by Gasteiger charge is 2.52. The number of phenolic OH excluding ortho intramolecular Hbond substituents is 1. The summed E-state index contributed by atoms with van der Waals surface area (Å²) in [5.74, 6) is -1.20. The first kappa shape index (κ1) is 23.3. The summed E-state index contributed by atoms with van der Waals surface area (Å²) in [6.45, 7) is 11.5. The summed E-state index contributed by atoms with van der Waals surface area (Å²) in [7, 11) is -5.75. The Morgan fingerprint density at radius 2 is 1.41 bits per heavy atom. The quantitative estimate of drug-likeness (QED) is 0.577. The Kier molecular flexibility index (Phi) is 6.05. The van der Waals surface area contributed by atoms with E-state index >= 15 is 0 Å². The molecule has 0 fully saturated rings. The molecule has 1 atom stereocenters. The van der Waals surface area contributed by atoms with Gasteiger partial charge in [0.2, 0.25) is 0 Å². The van der Waals surface area contributed by atoms with Gasteiger partial charge < -0.3 is 9.84 Å². The third kappa shape index (κ3) is 4.95. The molecule has 1 rings (SSSR count). The topological polar surface area (TPSA) is 101 Å². The number of ether oxygens (including phenoxy) is 1. The van der Waals surface area contributed by atoms with Crippen LogP contribution in [0.4, 0.5) is 8.78 Å². The van der Waals surface area contributed by atoms with Crippen LogP contribution in [0.5, 0.6) is 5.75 Å². The number of hydrogen-bond donors (Lipinski definition) is 2. The molecule has 0 saturated heterocycles. The Labute approximate surface area is 158 Å². The first-order valence-corrected chi connectivity index (χ1v) is 9.68. The number of benzene rings is 1. The van der Waals surface area contributed by atoms with Gasteiger partial charge in [0.15, 0.2) is 6.10 Å². The van der Waals surface area contributed by atoms with Gasteiger partial charge in [-0.1, -0.05) is 41.5 Å². The Balaban J connectivity index is 3.44. The zero-order valence-electron chi connectivity index (χ0n) is 16.4. The van der Waals surface area contributed by atoms with E-state index in [1.807, 2.05) is 0 Å². The molecule has 0 saturated carbocycles. The predicted octanol–water partition coefficient (Wildman–Crippen LogP) is 4.01. The first-order valence-electron chi connectivity index (χ1n) is 8.24. The van der Waals surface area contributed by atoms with Gasteiger partial charge in [0.1, 0.15) is 5.75 Å². The summed E-state index contributed by atoms with van der Waals surface area (Å²) >= 11 is 0. The van der Waals surface area contributed by atoms with Crippen molar-refractivity contribution < 1.29 is 36.4 Å². The summed E-state index contributed by atoms with van der Waals surface area (Å²) in [6, 6.07) is 2.65.